The first-order chi connectivity index (χ1) is 11.8. The second kappa shape index (κ2) is 8.66. The minimum atomic E-state index is -3.22. The zero-order valence-electron chi connectivity index (χ0n) is 12.6. The Morgan fingerprint density at radius 3 is 2.28 bits per heavy atom. The van der Waals surface area contributed by atoms with E-state index < -0.39 is 24.7 Å². The van der Waals surface area contributed by atoms with Crippen LogP contribution in [0.2, 0.25) is 5.02 Å². The van der Waals surface area contributed by atoms with Crippen molar-refractivity contribution in [1.29, 1.82) is 0 Å². The number of rotatable bonds is 8. The normalized spacial score (nSPS) is 11.0. The molecular weight excluding hydrogens is 366 g/mol. The van der Waals surface area contributed by atoms with E-state index in [9.17, 15) is 22.4 Å². The minimum absolute atomic E-state index is 0.0114. The summed E-state index contributed by atoms with van der Waals surface area (Å²) in [5.74, 6) is -1.35. The van der Waals surface area contributed by atoms with E-state index in [2.05, 4.69) is 14.5 Å². The molecule has 1 heterocycles. The van der Waals surface area contributed by atoms with Crippen LogP contribution >= 0.6 is 11.6 Å². The Morgan fingerprint density at radius 1 is 1.00 bits per heavy atom. The molecule has 0 bridgehead atoms. The SMILES string of the molecule is O=C(Cc1ccc(OC(F)F)c(OC(F)F)c1)Cc1ccc(Cl)cn1. The third-order valence-electron chi connectivity index (χ3n) is 3.01. The molecule has 0 amide bonds. The van der Waals surface area contributed by atoms with E-state index in [1.807, 2.05) is 0 Å². The monoisotopic (exact) mass is 377 g/mol. The summed E-state index contributed by atoms with van der Waals surface area (Å²) in [6.07, 6.45) is 1.30. The van der Waals surface area contributed by atoms with Crippen LogP contribution in [0.3, 0.4) is 0 Å². The highest BCUT2D eigenvalue weighted by Gasteiger charge is 2.16. The van der Waals surface area contributed by atoms with Crippen molar-refractivity contribution < 1.29 is 31.8 Å². The quantitative estimate of drug-likeness (QED) is 0.644. The molecule has 0 aliphatic carbocycles. The Labute approximate surface area is 145 Å². The molecule has 1 aromatic heterocycles. The average Bonchev–Trinajstić information content (AvgIpc) is 2.51. The molecule has 0 fully saturated rings. The maximum atomic E-state index is 12.4. The van der Waals surface area contributed by atoms with E-state index >= 15 is 0 Å². The maximum Gasteiger partial charge on any atom is 0.387 e. The summed E-state index contributed by atoms with van der Waals surface area (Å²) in [5, 5.41) is 0.430. The predicted octanol–water partition coefficient (Wildman–Crippen LogP) is 4.29. The number of hydrogen-bond donors (Lipinski definition) is 0. The van der Waals surface area contributed by atoms with Gasteiger partial charge in [0.1, 0.15) is 5.78 Å². The summed E-state index contributed by atoms with van der Waals surface area (Å²) in [4.78, 5) is 16.0. The van der Waals surface area contributed by atoms with E-state index in [0.29, 0.717) is 16.3 Å². The molecule has 0 aliphatic rings. The Balaban J connectivity index is 2.09. The molecule has 2 rings (SSSR count). The van der Waals surface area contributed by atoms with Gasteiger partial charge in [0.2, 0.25) is 0 Å². The fraction of sp³-hybridized carbons (Fsp3) is 0.250. The molecule has 0 atom stereocenters. The molecule has 0 aliphatic heterocycles. The Kier molecular flexibility index (Phi) is 6.58. The van der Waals surface area contributed by atoms with Gasteiger partial charge in [-0.05, 0) is 29.8 Å². The first-order valence-electron chi connectivity index (χ1n) is 6.98. The van der Waals surface area contributed by atoms with Crippen LogP contribution < -0.4 is 9.47 Å². The molecular formula is C16H12ClF4NO3. The maximum absolute atomic E-state index is 12.4. The van der Waals surface area contributed by atoms with Gasteiger partial charge in [0.15, 0.2) is 11.5 Å². The van der Waals surface area contributed by atoms with E-state index in [1.165, 1.54) is 12.3 Å². The Bertz CT molecular complexity index is 726. The number of nitrogens with zero attached hydrogens (tertiary/aromatic N) is 1. The van der Waals surface area contributed by atoms with Crippen LogP contribution in [0, 0.1) is 0 Å². The van der Waals surface area contributed by atoms with Gasteiger partial charge in [0.25, 0.3) is 0 Å². The number of ether oxygens (including phenoxy) is 2. The number of Topliss-reactive ketones (excluding diaryl/α,β-unsaturated/α-hetero) is 1. The number of carbonyl (C=O) groups is 1. The van der Waals surface area contributed by atoms with Crippen LogP contribution in [-0.4, -0.2) is 24.0 Å². The van der Waals surface area contributed by atoms with Gasteiger partial charge in [0.05, 0.1) is 5.02 Å². The summed E-state index contributed by atoms with van der Waals surface area (Å²) in [6, 6.07) is 6.61. The molecule has 0 radical (unpaired) electrons. The van der Waals surface area contributed by atoms with Crippen molar-refractivity contribution in [2.75, 3.05) is 0 Å². The summed E-state index contributed by atoms with van der Waals surface area (Å²) in [7, 11) is 0. The van der Waals surface area contributed by atoms with Crippen molar-refractivity contribution in [2.24, 2.45) is 0 Å². The average molecular weight is 378 g/mol. The Hall–Kier alpha value is -2.35. The number of carbonyl (C=O) groups excluding carboxylic acids is 1. The molecule has 25 heavy (non-hydrogen) atoms. The molecule has 134 valence electrons. The molecule has 0 unspecified atom stereocenters. The third-order valence-corrected chi connectivity index (χ3v) is 3.23. The van der Waals surface area contributed by atoms with Crippen molar-refractivity contribution >= 4 is 17.4 Å². The minimum Gasteiger partial charge on any atom is -0.431 e. The standard InChI is InChI=1S/C16H12ClF4NO3/c17-10-2-3-11(22-8-10)7-12(23)5-9-1-4-13(24-15(18)19)14(6-9)25-16(20)21/h1-4,6,8,15-16H,5,7H2. The summed E-state index contributed by atoms with van der Waals surface area (Å²) >= 11 is 5.70. The van der Waals surface area contributed by atoms with Gasteiger partial charge < -0.3 is 9.47 Å². The van der Waals surface area contributed by atoms with E-state index in [4.69, 9.17) is 11.6 Å². The van der Waals surface area contributed by atoms with E-state index in [1.54, 1.807) is 12.1 Å². The molecule has 0 spiro atoms. The first kappa shape index (κ1) is 19.0. The highest BCUT2D eigenvalue weighted by Crippen LogP contribution is 2.31. The van der Waals surface area contributed by atoms with Crippen LogP contribution in [0.25, 0.3) is 0 Å². The number of hydrogen-bond acceptors (Lipinski definition) is 4. The van der Waals surface area contributed by atoms with Gasteiger partial charge in [0, 0.05) is 24.7 Å². The molecule has 0 saturated heterocycles. The largest absolute Gasteiger partial charge is 0.431 e. The smallest absolute Gasteiger partial charge is 0.387 e. The second-order valence-corrected chi connectivity index (χ2v) is 5.33. The van der Waals surface area contributed by atoms with Crippen molar-refractivity contribution in [3.8, 4) is 11.5 Å². The van der Waals surface area contributed by atoms with Crippen molar-refractivity contribution in [1.82, 2.24) is 4.98 Å². The van der Waals surface area contributed by atoms with Gasteiger partial charge in [-0.1, -0.05) is 17.7 Å². The van der Waals surface area contributed by atoms with Crippen LogP contribution in [0.15, 0.2) is 36.5 Å². The predicted molar refractivity (Wildman–Crippen MR) is 81.4 cm³/mol. The Morgan fingerprint density at radius 2 is 1.68 bits per heavy atom. The molecule has 9 heteroatoms. The summed E-state index contributed by atoms with van der Waals surface area (Å²) in [5.41, 5.74) is 0.812. The number of pyridine rings is 1. The fourth-order valence-corrected chi connectivity index (χ4v) is 2.16. The van der Waals surface area contributed by atoms with Crippen molar-refractivity contribution in [3.05, 3.63) is 52.8 Å². The van der Waals surface area contributed by atoms with Gasteiger partial charge in [-0.2, -0.15) is 17.6 Å². The van der Waals surface area contributed by atoms with Crippen LogP contribution in [0.1, 0.15) is 11.3 Å². The molecule has 4 nitrogen and oxygen atoms in total. The highest BCUT2D eigenvalue weighted by atomic mass is 35.5. The summed E-state index contributed by atoms with van der Waals surface area (Å²) < 4.78 is 57.7. The third kappa shape index (κ3) is 6.22. The number of aromatic nitrogens is 1. The van der Waals surface area contributed by atoms with Crippen LogP contribution in [-0.2, 0) is 17.6 Å². The van der Waals surface area contributed by atoms with E-state index in [0.717, 1.165) is 12.1 Å². The number of benzene rings is 1. The molecule has 0 saturated carbocycles. The highest BCUT2D eigenvalue weighted by molar-refractivity contribution is 6.30. The van der Waals surface area contributed by atoms with E-state index in [-0.39, 0.29) is 18.6 Å². The number of alkyl halides is 4. The molecule has 1 aromatic carbocycles. The van der Waals surface area contributed by atoms with Crippen molar-refractivity contribution in [2.45, 2.75) is 26.1 Å². The lowest BCUT2D eigenvalue weighted by Gasteiger charge is -2.13. The molecule has 0 N–H and O–H groups in total. The van der Waals surface area contributed by atoms with Gasteiger partial charge in [-0.25, -0.2) is 0 Å². The summed E-state index contributed by atoms with van der Waals surface area (Å²) in [6.45, 7) is -6.41. The fourth-order valence-electron chi connectivity index (χ4n) is 2.05. The van der Waals surface area contributed by atoms with Gasteiger partial charge >= 0.3 is 13.2 Å². The van der Waals surface area contributed by atoms with Crippen LogP contribution in [0.4, 0.5) is 17.6 Å². The lowest BCUT2D eigenvalue weighted by atomic mass is 10.0. The first-order valence-corrected chi connectivity index (χ1v) is 7.36. The zero-order valence-corrected chi connectivity index (χ0v) is 13.4. The zero-order chi connectivity index (χ0) is 18.4. The van der Waals surface area contributed by atoms with Gasteiger partial charge in [-0.3, -0.25) is 9.78 Å². The van der Waals surface area contributed by atoms with Gasteiger partial charge in [-0.15, -0.1) is 0 Å². The van der Waals surface area contributed by atoms with Crippen molar-refractivity contribution in [3.63, 3.8) is 0 Å². The van der Waals surface area contributed by atoms with Crippen LogP contribution in [0.5, 0.6) is 11.5 Å². The molecule has 2 aromatic rings. The second-order valence-electron chi connectivity index (χ2n) is 4.90. The lowest BCUT2D eigenvalue weighted by molar-refractivity contribution is -0.117. The number of halogens is 5. The number of ketones is 1. The topological polar surface area (TPSA) is 48.4 Å². The lowest BCUT2D eigenvalue weighted by Crippen LogP contribution is -2.10.